The number of benzene rings is 2. The largest absolute Gasteiger partial charge is 0.398 e. The fourth-order valence-corrected chi connectivity index (χ4v) is 5.83. The smallest absolute Gasteiger partial charge is 0.114 e. The molecule has 0 amide bonds. The molecule has 0 spiro atoms. The van der Waals surface area contributed by atoms with Crippen molar-refractivity contribution in [2.45, 2.75) is 38.1 Å². The zero-order valence-corrected chi connectivity index (χ0v) is 22.3. The topological polar surface area (TPSA) is 56.4 Å². The van der Waals surface area contributed by atoms with Gasteiger partial charge in [0.25, 0.3) is 0 Å². The third-order valence-electron chi connectivity index (χ3n) is 8.22. The maximum Gasteiger partial charge on any atom is 0.114 e. The molecule has 5 rings (SSSR count). The van der Waals surface area contributed by atoms with E-state index in [0.29, 0.717) is 23.2 Å². The second-order valence-corrected chi connectivity index (χ2v) is 10.6. The summed E-state index contributed by atoms with van der Waals surface area (Å²) in [6.45, 7) is 12.7. The molecule has 1 unspecified atom stereocenters. The molecule has 2 saturated heterocycles. The van der Waals surface area contributed by atoms with E-state index in [1.807, 2.05) is 36.4 Å². The van der Waals surface area contributed by atoms with Gasteiger partial charge in [-0.3, -0.25) is 10.3 Å². The molecule has 0 aromatic heterocycles. The summed E-state index contributed by atoms with van der Waals surface area (Å²) in [5.74, 6) is 7.08. The third-order valence-corrected chi connectivity index (χ3v) is 8.22. The Morgan fingerprint density at radius 2 is 1.84 bits per heavy atom. The van der Waals surface area contributed by atoms with Crippen LogP contribution in [0.3, 0.4) is 0 Å². The van der Waals surface area contributed by atoms with E-state index in [0.717, 1.165) is 73.4 Å². The van der Waals surface area contributed by atoms with Crippen molar-refractivity contribution >= 4 is 22.7 Å². The van der Waals surface area contributed by atoms with Crippen molar-refractivity contribution < 1.29 is 0 Å². The second kappa shape index (κ2) is 11.7. The SMILES string of the molecule is C=CC1CCN(C2CCN(C(=C)c3ccc(N)c(C(=N)C#CC4=C(c5ccccc5)C=CCC4)c3)C2)CC1. The van der Waals surface area contributed by atoms with Gasteiger partial charge in [-0.25, -0.2) is 0 Å². The summed E-state index contributed by atoms with van der Waals surface area (Å²) in [5, 5.41) is 8.75. The molecule has 2 fully saturated rings. The fraction of sp³-hybridized carbons (Fsp3) is 0.324. The molecular weight excluding hydrogens is 464 g/mol. The van der Waals surface area contributed by atoms with E-state index in [-0.39, 0.29) is 5.71 Å². The van der Waals surface area contributed by atoms with Gasteiger partial charge in [0.15, 0.2) is 0 Å². The lowest BCUT2D eigenvalue weighted by molar-refractivity contribution is 0.150. The summed E-state index contributed by atoms with van der Waals surface area (Å²) >= 11 is 0. The molecule has 0 bridgehead atoms. The van der Waals surface area contributed by atoms with E-state index in [1.165, 1.54) is 12.8 Å². The lowest BCUT2D eigenvalue weighted by atomic mass is 9.92. The molecule has 2 heterocycles. The molecule has 4 nitrogen and oxygen atoms in total. The number of allylic oxidation sites excluding steroid dienone is 5. The first kappa shape index (κ1) is 25.8. The highest BCUT2D eigenvalue weighted by Crippen LogP contribution is 2.30. The van der Waals surface area contributed by atoms with Crippen molar-refractivity contribution in [3.63, 3.8) is 0 Å². The Kier molecular flexibility index (Phi) is 7.96. The normalized spacial score (nSPS) is 20.2. The minimum Gasteiger partial charge on any atom is -0.398 e. The van der Waals surface area contributed by atoms with Crippen LogP contribution in [0.15, 0.2) is 85.5 Å². The van der Waals surface area contributed by atoms with Gasteiger partial charge in [0.1, 0.15) is 5.71 Å². The van der Waals surface area contributed by atoms with Gasteiger partial charge in [-0.05, 0) is 85.9 Å². The number of nitrogen functional groups attached to an aromatic ring is 1. The number of anilines is 1. The van der Waals surface area contributed by atoms with Crippen LogP contribution >= 0.6 is 0 Å². The van der Waals surface area contributed by atoms with Crippen molar-refractivity contribution in [2.24, 2.45) is 5.92 Å². The number of hydrogen-bond donors (Lipinski definition) is 2. The highest BCUT2D eigenvalue weighted by molar-refractivity contribution is 6.14. The van der Waals surface area contributed by atoms with Crippen LogP contribution in [0.5, 0.6) is 0 Å². The van der Waals surface area contributed by atoms with Crippen LogP contribution in [0, 0.1) is 23.2 Å². The Labute approximate surface area is 227 Å². The monoisotopic (exact) mass is 502 g/mol. The minimum absolute atomic E-state index is 0.246. The molecule has 4 heteroatoms. The number of piperidine rings is 1. The lowest BCUT2D eigenvalue weighted by Gasteiger charge is -2.35. The maximum absolute atomic E-state index is 8.75. The summed E-state index contributed by atoms with van der Waals surface area (Å²) in [6, 6.07) is 16.8. The van der Waals surface area contributed by atoms with E-state index in [1.54, 1.807) is 0 Å². The van der Waals surface area contributed by atoms with Crippen LogP contribution in [0.2, 0.25) is 0 Å². The second-order valence-electron chi connectivity index (χ2n) is 10.6. The van der Waals surface area contributed by atoms with Crippen molar-refractivity contribution in [3.8, 4) is 11.8 Å². The van der Waals surface area contributed by atoms with Gasteiger partial charge >= 0.3 is 0 Å². The number of rotatable bonds is 6. The molecule has 0 radical (unpaired) electrons. The van der Waals surface area contributed by atoms with Crippen LogP contribution in [-0.4, -0.2) is 47.7 Å². The van der Waals surface area contributed by atoms with Crippen LogP contribution in [0.1, 0.15) is 48.8 Å². The van der Waals surface area contributed by atoms with Crippen molar-refractivity contribution in [1.82, 2.24) is 9.80 Å². The van der Waals surface area contributed by atoms with E-state index < -0.39 is 0 Å². The summed E-state index contributed by atoms with van der Waals surface area (Å²) < 4.78 is 0. The van der Waals surface area contributed by atoms with E-state index in [4.69, 9.17) is 11.1 Å². The average Bonchev–Trinajstić information content (AvgIpc) is 3.47. The molecule has 2 aromatic carbocycles. The summed E-state index contributed by atoms with van der Waals surface area (Å²) in [4.78, 5) is 5.03. The Hall–Kier alpha value is -3.81. The van der Waals surface area contributed by atoms with Gasteiger partial charge in [0.05, 0.1) is 0 Å². The molecule has 3 aliphatic rings. The van der Waals surface area contributed by atoms with Gasteiger partial charge in [-0.1, -0.05) is 67.1 Å². The number of likely N-dealkylation sites (tertiary alicyclic amines) is 2. The Bertz CT molecular complexity index is 1330. The van der Waals surface area contributed by atoms with E-state index >= 15 is 0 Å². The standard InChI is InChI=1S/C34H38N4/c1-3-26-17-20-37(21-18-26)30-19-22-38(24-30)25(2)29-14-16-34(36)32(23-29)33(35)15-13-28-11-7-8-12-31(28)27-9-5-4-6-10-27/h3-6,8-10,12,14,16,23,26,30,35H,1-2,7,11,17-22,24,36H2. The number of nitrogens with one attached hydrogen (secondary N) is 1. The zero-order chi connectivity index (χ0) is 26.5. The predicted molar refractivity (Wildman–Crippen MR) is 161 cm³/mol. The van der Waals surface area contributed by atoms with Gasteiger partial charge in [-0.15, -0.1) is 6.58 Å². The van der Waals surface area contributed by atoms with Gasteiger partial charge in [0, 0.05) is 41.7 Å². The van der Waals surface area contributed by atoms with E-state index in [2.05, 4.69) is 65.2 Å². The lowest BCUT2D eigenvalue weighted by Crippen LogP contribution is -2.42. The maximum atomic E-state index is 8.75. The molecule has 0 saturated carbocycles. The predicted octanol–water partition coefficient (Wildman–Crippen LogP) is 6.39. The van der Waals surface area contributed by atoms with E-state index in [9.17, 15) is 0 Å². The summed E-state index contributed by atoms with van der Waals surface area (Å²) in [5.41, 5.74) is 13.2. The minimum atomic E-state index is 0.246. The molecular formula is C34H38N4. The first-order chi connectivity index (χ1) is 18.5. The first-order valence-corrected chi connectivity index (χ1v) is 13.8. The van der Waals surface area contributed by atoms with Crippen LogP contribution < -0.4 is 5.73 Å². The summed E-state index contributed by atoms with van der Waals surface area (Å²) in [6.07, 6.45) is 11.9. The summed E-state index contributed by atoms with van der Waals surface area (Å²) in [7, 11) is 0. The van der Waals surface area contributed by atoms with Crippen molar-refractivity contribution in [3.05, 3.63) is 102 Å². The Morgan fingerprint density at radius 1 is 1.05 bits per heavy atom. The zero-order valence-electron chi connectivity index (χ0n) is 22.3. The Balaban J connectivity index is 1.29. The van der Waals surface area contributed by atoms with Gasteiger partial charge in [-0.2, -0.15) is 0 Å². The molecule has 2 aliphatic heterocycles. The van der Waals surface area contributed by atoms with Crippen LogP contribution in [0.4, 0.5) is 5.69 Å². The molecule has 3 N–H and O–H groups in total. The van der Waals surface area contributed by atoms with Gasteiger partial charge < -0.3 is 10.6 Å². The Morgan fingerprint density at radius 3 is 2.61 bits per heavy atom. The van der Waals surface area contributed by atoms with Crippen LogP contribution in [-0.2, 0) is 0 Å². The number of hydrogen-bond acceptors (Lipinski definition) is 4. The van der Waals surface area contributed by atoms with Gasteiger partial charge in [0.2, 0.25) is 0 Å². The molecule has 38 heavy (non-hydrogen) atoms. The average molecular weight is 503 g/mol. The van der Waals surface area contributed by atoms with Crippen LogP contribution in [0.25, 0.3) is 11.3 Å². The van der Waals surface area contributed by atoms with Crippen molar-refractivity contribution in [2.75, 3.05) is 31.9 Å². The molecule has 1 atom stereocenters. The molecule has 194 valence electrons. The van der Waals surface area contributed by atoms with Crippen molar-refractivity contribution in [1.29, 1.82) is 5.41 Å². The number of nitrogens with zero attached hydrogens (tertiary/aromatic N) is 2. The fourth-order valence-electron chi connectivity index (χ4n) is 5.83. The molecule has 2 aromatic rings. The highest BCUT2D eigenvalue weighted by atomic mass is 15.3. The number of nitrogens with two attached hydrogens (primary N) is 1. The quantitative estimate of drug-likeness (QED) is 0.208. The first-order valence-electron chi connectivity index (χ1n) is 13.8. The third kappa shape index (κ3) is 5.69. The highest BCUT2D eigenvalue weighted by Gasteiger charge is 2.30. The molecule has 1 aliphatic carbocycles.